The molecule has 1 atom stereocenters. The molecule has 1 aromatic carbocycles. The van der Waals surface area contributed by atoms with Gasteiger partial charge >= 0.3 is 0 Å². The van der Waals surface area contributed by atoms with E-state index in [2.05, 4.69) is 28.5 Å². The fourth-order valence-corrected chi connectivity index (χ4v) is 2.27. The van der Waals surface area contributed by atoms with Crippen LogP contribution in [0.15, 0.2) is 42.6 Å². The molecule has 0 aliphatic carbocycles. The average molecular weight is 256 g/mol. The van der Waals surface area contributed by atoms with Crippen LogP contribution < -0.4 is 10.1 Å². The molecule has 19 heavy (non-hydrogen) atoms. The molecule has 0 bridgehead atoms. The molecular formula is C16H20N2O. The van der Waals surface area contributed by atoms with Gasteiger partial charge in [-0.25, -0.2) is 0 Å². The zero-order chi connectivity index (χ0) is 13.7. The molecule has 3 nitrogen and oxygen atoms in total. The van der Waals surface area contributed by atoms with Crippen LogP contribution in [-0.4, -0.2) is 19.1 Å². The molecule has 0 aliphatic rings. The van der Waals surface area contributed by atoms with Crippen LogP contribution in [0.25, 0.3) is 0 Å². The van der Waals surface area contributed by atoms with Gasteiger partial charge in [-0.1, -0.05) is 18.2 Å². The van der Waals surface area contributed by atoms with Gasteiger partial charge in [0.25, 0.3) is 0 Å². The topological polar surface area (TPSA) is 34.1 Å². The highest BCUT2D eigenvalue weighted by molar-refractivity contribution is 5.31. The monoisotopic (exact) mass is 256 g/mol. The summed E-state index contributed by atoms with van der Waals surface area (Å²) in [7, 11) is 3.68. The van der Waals surface area contributed by atoms with E-state index in [4.69, 9.17) is 4.74 Å². The van der Waals surface area contributed by atoms with Gasteiger partial charge in [-0.05, 0) is 49.7 Å². The zero-order valence-electron chi connectivity index (χ0n) is 11.7. The fourth-order valence-electron chi connectivity index (χ4n) is 2.27. The molecule has 100 valence electrons. The Hall–Kier alpha value is -1.87. The van der Waals surface area contributed by atoms with Gasteiger partial charge in [0.2, 0.25) is 0 Å². The predicted octanol–water partition coefficient (Wildman–Crippen LogP) is 2.90. The van der Waals surface area contributed by atoms with E-state index in [1.807, 2.05) is 38.4 Å². The summed E-state index contributed by atoms with van der Waals surface area (Å²) in [6, 6.07) is 12.6. The number of aromatic nitrogens is 1. The van der Waals surface area contributed by atoms with Crippen molar-refractivity contribution in [3.63, 3.8) is 0 Å². The number of ether oxygens (including phenoxy) is 1. The molecule has 3 heteroatoms. The Morgan fingerprint density at radius 2 is 2.11 bits per heavy atom. The Kier molecular flexibility index (Phi) is 4.53. The number of methoxy groups -OCH3 is 1. The molecule has 0 radical (unpaired) electrons. The molecule has 0 spiro atoms. The maximum atomic E-state index is 5.27. The molecule has 1 heterocycles. The third-order valence-electron chi connectivity index (χ3n) is 3.35. The largest absolute Gasteiger partial charge is 0.497 e. The summed E-state index contributed by atoms with van der Waals surface area (Å²) in [4.78, 5) is 4.36. The maximum Gasteiger partial charge on any atom is 0.119 e. The van der Waals surface area contributed by atoms with Crippen molar-refractivity contribution in [3.8, 4) is 5.75 Å². The Labute approximate surface area is 114 Å². The first-order chi connectivity index (χ1) is 9.24. The first kappa shape index (κ1) is 13.6. The molecular weight excluding hydrogens is 236 g/mol. The number of aryl methyl sites for hydroxylation is 1. The van der Waals surface area contributed by atoms with Gasteiger partial charge in [0.1, 0.15) is 5.75 Å². The van der Waals surface area contributed by atoms with Gasteiger partial charge in [-0.15, -0.1) is 0 Å². The second kappa shape index (κ2) is 6.34. The summed E-state index contributed by atoms with van der Waals surface area (Å²) < 4.78 is 5.27. The number of rotatable bonds is 5. The summed E-state index contributed by atoms with van der Waals surface area (Å²) in [5, 5.41) is 3.36. The molecule has 0 aliphatic heterocycles. The molecule has 2 aromatic rings. The Morgan fingerprint density at radius 3 is 2.79 bits per heavy atom. The number of nitrogens with one attached hydrogen (secondary N) is 1. The SMILES string of the molecule is CNC(Cc1cccc(OC)c1)c1cccnc1C. The van der Waals surface area contributed by atoms with Crippen LogP contribution in [0, 0.1) is 6.92 Å². The highest BCUT2D eigenvalue weighted by atomic mass is 16.5. The lowest BCUT2D eigenvalue weighted by Crippen LogP contribution is -2.20. The van der Waals surface area contributed by atoms with Gasteiger partial charge in [-0.3, -0.25) is 4.98 Å². The summed E-state index contributed by atoms with van der Waals surface area (Å²) in [5.74, 6) is 0.898. The zero-order valence-corrected chi connectivity index (χ0v) is 11.7. The molecule has 2 rings (SSSR count). The van der Waals surface area contributed by atoms with Crippen LogP contribution >= 0.6 is 0 Å². The molecule has 1 unspecified atom stereocenters. The van der Waals surface area contributed by atoms with Crippen LogP contribution in [0.1, 0.15) is 22.9 Å². The van der Waals surface area contributed by atoms with Crippen molar-refractivity contribution in [2.75, 3.05) is 14.2 Å². The van der Waals surface area contributed by atoms with Gasteiger partial charge in [-0.2, -0.15) is 0 Å². The molecule has 1 aromatic heterocycles. The number of hydrogen-bond donors (Lipinski definition) is 1. The van der Waals surface area contributed by atoms with Crippen LogP contribution in [-0.2, 0) is 6.42 Å². The van der Waals surface area contributed by atoms with E-state index >= 15 is 0 Å². The quantitative estimate of drug-likeness (QED) is 0.893. The number of nitrogens with zero attached hydrogens (tertiary/aromatic N) is 1. The van der Waals surface area contributed by atoms with Crippen LogP contribution in [0.3, 0.4) is 0 Å². The lowest BCUT2D eigenvalue weighted by Gasteiger charge is -2.18. The van der Waals surface area contributed by atoms with Crippen molar-refractivity contribution < 1.29 is 4.74 Å². The smallest absolute Gasteiger partial charge is 0.119 e. The van der Waals surface area contributed by atoms with E-state index < -0.39 is 0 Å². The lowest BCUT2D eigenvalue weighted by molar-refractivity contribution is 0.414. The van der Waals surface area contributed by atoms with Crippen LogP contribution in [0.5, 0.6) is 5.75 Å². The molecule has 0 amide bonds. The first-order valence-corrected chi connectivity index (χ1v) is 6.46. The van der Waals surface area contributed by atoms with Crippen molar-refractivity contribution >= 4 is 0 Å². The Morgan fingerprint density at radius 1 is 1.26 bits per heavy atom. The lowest BCUT2D eigenvalue weighted by atomic mass is 9.98. The minimum Gasteiger partial charge on any atom is -0.497 e. The van der Waals surface area contributed by atoms with Gasteiger partial charge in [0.15, 0.2) is 0 Å². The number of benzene rings is 1. The highest BCUT2D eigenvalue weighted by Gasteiger charge is 2.13. The van der Waals surface area contributed by atoms with E-state index in [1.54, 1.807) is 7.11 Å². The summed E-state index contributed by atoms with van der Waals surface area (Å²) >= 11 is 0. The van der Waals surface area contributed by atoms with Gasteiger partial charge in [0.05, 0.1) is 7.11 Å². The average Bonchev–Trinajstić information content (AvgIpc) is 2.46. The van der Waals surface area contributed by atoms with Crippen molar-refractivity contribution in [3.05, 3.63) is 59.4 Å². The normalized spacial score (nSPS) is 12.2. The van der Waals surface area contributed by atoms with E-state index in [1.165, 1.54) is 11.1 Å². The van der Waals surface area contributed by atoms with Crippen LogP contribution in [0.4, 0.5) is 0 Å². The Balaban J connectivity index is 2.21. The second-order valence-electron chi connectivity index (χ2n) is 4.57. The van der Waals surface area contributed by atoms with E-state index in [9.17, 15) is 0 Å². The molecule has 0 fully saturated rings. The summed E-state index contributed by atoms with van der Waals surface area (Å²) in [5.41, 5.74) is 3.57. The molecule has 0 saturated carbocycles. The maximum absolute atomic E-state index is 5.27. The van der Waals surface area contributed by atoms with Crippen molar-refractivity contribution in [1.82, 2.24) is 10.3 Å². The summed E-state index contributed by atoms with van der Waals surface area (Å²) in [6.45, 7) is 2.05. The predicted molar refractivity (Wildman–Crippen MR) is 77.5 cm³/mol. The number of likely N-dealkylation sites (N-methyl/N-ethyl adjacent to an activating group) is 1. The third kappa shape index (κ3) is 3.32. The minimum atomic E-state index is 0.265. The van der Waals surface area contributed by atoms with E-state index in [0.29, 0.717) is 0 Å². The van der Waals surface area contributed by atoms with Crippen molar-refractivity contribution in [2.24, 2.45) is 0 Å². The highest BCUT2D eigenvalue weighted by Crippen LogP contribution is 2.22. The minimum absolute atomic E-state index is 0.265. The van der Waals surface area contributed by atoms with Crippen molar-refractivity contribution in [1.29, 1.82) is 0 Å². The first-order valence-electron chi connectivity index (χ1n) is 6.46. The van der Waals surface area contributed by atoms with Gasteiger partial charge in [0, 0.05) is 17.9 Å². The summed E-state index contributed by atoms with van der Waals surface area (Å²) in [6.07, 6.45) is 2.75. The van der Waals surface area contributed by atoms with Crippen LogP contribution in [0.2, 0.25) is 0 Å². The second-order valence-corrected chi connectivity index (χ2v) is 4.57. The molecule has 1 N–H and O–H groups in total. The number of pyridine rings is 1. The number of hydrogen-bond acceptors (Lipinski definition) is 3. The van der Waals surface area contributed by atoms with E-state index in [-0.39, 0.29) is 6.04 Å². The van der Waals surface area contributed by atoms with Crippen molar-refractivity contribution in [2.45, 2.75) is 19.4 Å². The Bertz CT molecular complexity index is 540. The fraction of sp³-hybridized carbons (Fsp3) is 0.312. The van der Waals surface area contributed by atoms with Gasteiger partial charge < -0.3 is 10.1 Å². The third-order valence-corrected chi connectivity index (χ3v) is 3.35. The standard InChI is InChI=1S/C16H20N2O/c1-12-15(8-5-9-18-12)16(17-2)11-13-6-4-7-14(10-13)19-3/h4-10,16-17H,11H2,1-3H3. The molecule has 0 saturated heterocycles. The van der Waals surface area contributed by atoms with E-state index in [0.717, 1.165) is 17.9 Å².